The second-order valence-corrected chi connectivity index (χ2v) is 7.13. The van der Waals surface area contributed by atoms with Crippen molar-refractivity contribution >= 4 is 12.1 Å². The molecule has 2 rings (SSSR count). The second-order valence-electron chi connectivity index (χ2n) is 7.13. The Labute approximate surface area is 164 Å². The predicted molar refractivity (Wildman–Crippen MR) is 106 cm³/mol. The number of phenols is 2. The highest BCUT2D eigenvalue weighted by Gasteiger charge is 2.29. The van der Waals surface area contributed by atoms with Crippen molar-refractivity contribution in [2.75, 3.05) is 14.2 Å². The van der Waals surface area contributed by atoms with Gasteiger partial charge in [0.05, 0.1) is 18.8 Å². The van der Waals surface area contributed by atoms with Gasteiger partial charge in [0.15, 0.2) is 6.29 Å². The monoisotopic (exact) mass is 386 g/mol. The van der Waals surface area contributed by atoms with Crippen LogP contribution in [0.4, 0.5) is 0 Å². The number of rotatable bonds is 8. The third kappa shape index (κ3) is 4.17. The molecular formula is C22H26O6. The molecule has 0 heterocycles. The van der Waals surface area contributed by atoms with E-state index in [0.29, 0.717) is 29.8 Å². The predicted octanol–water partition coefficient (Wildman–Crippen LogP) is 4.19. The van der Waals surface area contributed by atoms with Gasteiger partial charge in [-0.05, 0) is 49.1 Å². The Bertz CT molecular complexity index is 885. The van der Waals surface area contributed by atoms with Crippen LogP contribution < -0.4 is 4.74 Å². The van der Waals surface area contributed by atoms with Crippen LogP contribution in [0.2, 0.25) is 0 Å². The van der Waals surface area contributed by atoms with Crippen LogP contribution in [0.3, 0.4) is 0 Å². The van der Waals surface area contributed by atoms with E-state index in [9.17, 15) is 19.8 Å². The maximum absolute atomic E-state index is 13.2. The number of ether oxygens (including phenoxy) is 2. The Morgan fingerprint density at radius 3 is 2.32 bits per heavy atom. The number of carbonyl (C=O) groups excluding carboxylic acids is 2. The maximum atomic E-state index is 13.2. The molecule has 0 aliphatic rings. The number of benzene rings is 2. The number of hydrogen-bond acceptors (Lipinski definition) is 6. The number of ketones is 1. The summed E-state index contributed by atoms with van der Waals surface area (Å²) >= 11 is 0. The lowest BCUT2D eigenvalue weighted by Gasteiger charge is -2.22. The molecule has 0 aliphatic heterocycles. The second kappa shape index (κ2) is 8.89. The van der Waals surface area contributed by atoms with Crippen molar-refractivity contribution in [1.82, 2.24) is 0 Å². The number of carbonyl (C=O) groups is 2. The largest absolute Gasteiger partial charge is 0.507 e. The molecule has 0 amide bonds. The van der Waals surface area contributed by atoms with Crippen molar-refractivity contribution < 1.29 is 29.3 Å². The van der Waals surface area contributed by atoms with Gasteiger partial charge in [0.1, 0.15) is 22.8 Å². The molecule has 0 unspecified atom stereocenters. The van der Waals surface area contributed by atoms with Crippen molar-refractivity contribution in [3.63, 3.8) is 0 Å². The number of aromatic hydroxyl groups is 2. The summed E-state index contributed by atoms with van der Waals surface area (Å²) in [7, 11) is 2.96. The molecule has 6 nitrogen and oxygen atoms in total. The molecule has 2 aromatic rings. The zero-order valence-electron chi connectivity index (χ0n) is 16.8. The molecule has 0 spiro atoms. The van der Waals surface area contributed by atoms with Crippen LogP contribution >= 0.6 is 0 Å². The SMILES string of the molecule is COc1c([C@H](CC(C)C)OC)ccc(O)c1C(=O)c1c(O)cc(C)cc1C=O. The first-order valence-electron chi connectivity index (χ1n) is 9.01. The molecule has 0 saturated carbocycles. The lowest BCUT2D eigenvalue weighted by molar-refractivity contribution is 0.0820. The summed E-state index contributed by atoms with van der Waals surface area (Å²) < 4.78 is 11.0. The molecule has 2 N–H and O–H groups in total. The third-order valence-corrected chi connectivity index (χ3v) is 4.56. The van der Waals surface area contributed by atoms with E-state index >= 15 is 0 Å². The summed E-state index contributed by atoms with van der Waals surface area (Å²) in [4.78, 5) is 24.7. The molecule has 0 aromatic heterocycles. The molecule has 0 radical (unpaired) electrons. The highest BCUT2D eigenvalue weighted by atomic mass is 16.5. The molecule has 0 bridgehead atoms. The van der Waals surface area contributed by atoms with E-state index in [0.717, 1.165) is 0 Å². The van der Waals surface area contributed by atoms with E-state index in [1.165, 1.54) is 25.3 Å². The van der Waals surface area contributed by atoms with Crippen molar-refractivity contribution in [3.8, 4) is 17.2 Å². The van der Waals surface area contributed by atoms with E-state index in [2.05, 4.69) is 0 Å². The van der Waals surface area contributed by atoms with Gasteiger partial charge < -0.3 is 19.7 Å². The van der Waals surface area contributed by atoms with Crippen molar-refractivity contribution in [1.29, 1.82) is 0 Å². The summed E-state index contributed by atoms with van der Waals surface area (Å²) in [6.07, 6.45) is 0.837. The van der Waals surface area contributed by atoms with Crippen molar-refractivity contribution in [2.45, 2.75) is 33.3 Å². The van der Waals surface area contributed by atoms with E-state index < -0.39 is 5.78 Å². The van der Waals surface area contributed by atoms with Crippen LogP contribution in [-0.2, 0) is 4.74 Å². The lowest BCUT2D eigenvalue weighted by atomic mass is 9.91. The molecule has 0 saturated heterocycles. The molecule has 2 aromatic carbocycles. The first-order chi connectivity index (χ1) is 13.2. The van der Waals surface area contributed by atoms with Gasteiger partial charge in [-0.25, -0.2) is 0 Å². The molecule has 6 heteroatoms. The van der Waals surface area contributed by atoms with Gasteiger partial charge >= 0.3 is 0 Å². The average molecular weight is 386 g/mol. The maximum Gasteiger partial charge on any atom is 0.204 e. The molecule has 0 aliphatic carbocycles. The highest BCUT2D eigenvalue weighted by Crippen LogP contribution is 2.40. The van der Waals surface area contributed by atoms with Gasteiger partial charge in [0.25, 0.3) is 0 Å². The summed E-state index contributed by atoms with van der Waals surface area (Å²) in [6.45, 7) is 5.80. The Kier molecular flexibility index (Phi) is 6.80. The van der Waals surface area contributed by atoms with E-state index in [1.54, 1.807) is 20.1 Å². The van der Waals surface area contributed by atoms with Gasteiger partial charge in [0, 0.05) is 18.2 Å². The fourth-order valence-corrected chi connectivity index (χ4v) is 3.32. The van der Waals surface area contributed by atoms with Gasteiger partial charge in [-0.2, -0.15) is 0 Å². The minimum absolute atomic E-state index is 0.0415. The van der Waals surface area contributed by atoms with Gasteiger partial charge in [-0.1, -0.05) is 13.8 Å². The number of aldehydes is 1. The van der Waals surface area contributed by atoms with E-state index in [-0.39, 0.29) is 40.0 Å². The first-order valence-corrected chi connectivity index (χ1v) is 9.01. The highest BCUT2D eigenvalue weighted by molar-refractivity contribution is 6.17. The van der Waals surface area contributed by atoms with Crippen LogP contribution in [0.5, 0.6) is 17.2 Å². The minimum atomic E-state index is -0.699. The van der Waals surface area contributed by atoms with Crippen LogP contribution in [0.1, 0.15) is 63.8 Å². The fraction of sp³-hybridized carbons (Fsp3) is 0.364. The molecule has 0 fully saturated rings. The molecule has 1 atom stereocenters. The quantitative estimate of drug-likeness (QED) is 0.522. The Balaban J connectivity index is 2.71. The normalized spacial score (nSPS) is 12.1. The van der Waals surface area contributed by atoms with Crippen LogP contribution in [0.15, 0.2) is 24.3 Å². The number of phenolic OH excluding ortho intramolecular Hbond substituents is 2. The van der Waals surface area contributed by atoms with E-state index in [4.69, 9.17) is 9.47 Å². The van der Waals surface area contributed by atoms with Crippen LogP contribution in [0, 0.1) is 12.8 Å². The Morgan fingerprint density at radius 2 is 1.79 bits per heavy atom. The average Bonchev–Trinajstić information content (AvgIpc) is 2.64. The fourth-order valence-electron chi connectivity index (χ4n) is 3.32. The minimum Gasteiger partial charge on any atom is -0.507 e. The summed E-state index contributed by atoms with van der Waals surface area (Å²) in [6, 6.07) is 5.94. The van der Waals surface area contributed by atoms with Crippen LogP contribution in [0.25, 0.3) is 0 Å². The van der Waals surface area contributed by atoms with Crippen molar-refractivity contribution in [3.05, 3.63) is 52.1 Å². The van der Waals surface area contributed by atoms with E-state index in [1.807, 2.05) is 13.8 Å². The number of methoxy groups -OCH3 is 2. The smallest absolute Gasteiger partial charge is 0.204 e. The molecule has 150 valence electrons. The van der Waals surface area contributed by atoms with Gasteiger partial charge in [-0.3, -0.25) is 9.59 Å². The number of aryl methyl sites for hydroxylation is 1. The van der Waals surface area contributed by atoms with Gasteiger partial charge in [0.2, 0.25) is 5.78 Å². The first kappa shape index (κ1) is 21.4. The topological polar surface area (TPSA) is 93.1 Å². The summed E-state index contributed by atoms with van der Waals surface area (Å²) in [5.74, 6) is -0.846. The number of hydrogen-bond donors (Lipinski definition) is 2. The standard InChI is InChI=1S/C22H26O6/c1-12(2)8-18(27-4)15-6-7-16(24)20(22(15)28-5)21(26)19-14(11-23)9-13(3)10-17(19)25/h6-7,9-12,18,24-25H,8H2,1-5H3/t18-/m0/s1. The zero-order chi connectivity index (χ0) is 21.0. The van der Waals surface area contributed by atoms with Crippen LogP contribution in [-0.4, -0.2) is 36.5 Å². The molecular weight excluding hydrogens is 360 g/mol. The Morgan fingerprint density at radius 1 is 1.11 bits per heavy atom. The zero-order valence-corrected chi connectivity index (χ0v) is 16.8. The van der Waals surface area contributed by atoms with Crippen molar-refractivity contribution in [2.24, 2.45) is 5.92 Å². The summed E-state index contributed by atoms with van der Waals surface area (Å²) in [5.41, 5.74) is 0.994. The lowest BCUT2D eigenvalue weighted by Crippen LogP contribution is -2.13. The Hall–Kier alpha value is -2.86. The summed E-state index contributed by atoms with van der Waals surface area (Å²) in [5, 5.41) is 20.7. The van der Waals surface area contributed by atoms with Gasteiger partial charge in [-0.15, -0.1) is 0 Å². The molecule has 28 heavy (non-hydrogen) atoms. The third-order valence-electron chi connectivity index (χ3n) is 4.56.